The molecule has 4 heteroatoms. The molecule has 0 bridgehead atoms. The first kappa shape index (κ1) is 11.4. The van der Waals surface area contributed by atoms with Gasteiger partial charge in [0.25, 0.3) is 0 Å². The molecular weight excluding hydrogens is 279 g/mol. The zero-order valence-electron chi connectivity index (χ0n) is 8.12. The van der Waals surface area contributed by atoms with Gasteiger partial charge in [0.1, 0.15) is 0 Å². The van der Waals surface area contributed by atoms with Crippen molar-refractivity contribution in [1.82, 2.24) is 0 Å². The normalized spacial score (nSPS) is 26.6. The lowest BCUT2D eigenvalue weighted by molar-refractivity contribution is -0.0450. The highest BCUT2D eigenvalue weighted by atomic mass is 79.9. The number of aliphatic hydroxyl groups excluding tert-OH is 1. The lowest BCUT2D eigenvalue weighted by Crippen LogP contribution is -2.23. The maximum Gasteiger partial charge on any atom is 0.0874 e. The summed E-state index contributed by atoms with van der Waals surface area (Å²) in [5, 5.41) is 10.3. The van der Waals surface area contributed by atoms with Crippen LogP contribution in [0.1, 0.15) is 24.5 Å². The molecule has 1 aliphatic heterocycles. The van der Waals surface area contributed by atoms with Crippen LogP contribution in [0.3, 0.4) is 0 Å². The molecule has 0 aromatic heterocycles. The van der Waals surface area contributed by atoms with Gasteiger partial charge in [-0.15, -0.1) is 0 Å². The summed E-state index contributed by atoms with van der Waals surface area (Å²) in [6.45, 7) is 0.587. The molecule has 1 aliphatic rings. The van der Waals surface area contributed by atoms with Gasteiger partial charge < -0.3 is 9.84 Å². The van der Waals surface area contributed by atoms with E-state index in [1.807, 2.05) is 18.2 Å². The Kier molecular flexibility index (Phi) is 3.67. The summed E-state index contributed by atoms with van der Waals surface area (Å²) >= 11 is 9.58. The fraction of sp³-hybridized carbons (Fsp3) is 0.455. The van der Waals surface area contributed by atoms with Gasteiger partial charge in [0.05, 0.1) is 12.2 Å². The molecule has 1 saturated heterocycles. The molecular formula is C11H12BrClO2. The number of hydrogen-bond donors (Lipinski definition) is 1. The Morgan fingerprint density at radius 1 is 1.47 bits per heavy atom. The molecule has 82 valence electrons. The lowest BCUT2D eigenvalue weighted by Gasteiger charge is -2.28. The first-order valence-electron chi connectivity index (χ1n) is 4.92. The minimum absolute atomic E-state index is 0.100. The van der Waals surface area contributed by atoms with E-state index in [9.17, 15) is 5.11 Å². The topological polar surface area (TPSA) is 29.5 Å². The third-order valence-corrected chi connectivity index (χ3v) is 3.60. The van der Waals surface area contributed by atoms with Crippen molar-refractivity contribution in [2.45, 2.75) is 25.0 Å². The van der Waals surface area contributed by atoms with Crippen LogP contribution in [0.15, 0.2) is 22.7 Å². The Balaban J connectivity index is 2.28. The molecule has 15 heavy (non-hydrogen) atoms. The Bertz CT molecular complexity index is 336. The van der Waals surface area contributed by atoms with Crippen molar-refractivity contribution in [3.63, 3.8) is 0 Å². The highest BCUT2D eigenvalue weighted by Gasteiger charge is 2.25. The van der Waals surface area contributed by atoms with Gasteiger partial charge in [0, 0.05) is 28.1 Å². The van der Waals surface area contributed by atoms with Crippen molar-refractivity contribution in [3.05, 3.63) is 33.3 Å². The van der Waals surface area contributed by atoms with E-state index in [0.29, 0.717) is 24.5 Å². The molecule has 1 aromatic rings. The number of halogens is 2. The quantitative estimate of drug-likeness (QED) is 0.860. The molecule has 2 rings (SSSR count). The molecule has 0 saturated carbocycles. The Morgan fingerprint density at radius 2 is 2.27 bits per heavy atom. The van der Waals surface area contributed by atoms with Crippen molar-refractivity contribution >= 4 is 27.5 Å². The number of benzene rings is 1. The van der Waals surface area contributed by atoms with Crippen molar-refractivity contribution in [2.24, 2.45) is 0 Å². The van der Waals surface area contributed by atoms with E-state index in [1.54, 1.807) is 0 Å². The number of rotatable bonds is 1. The molecule has 2 atom stereocenters. The second-order valence-electron chi connectivity index (χ2n) is 3.67. The molecule has 1 aromatic carbocycles. The lowest BCUT2D eigenvalue weighted by atomic mass is 9.99. The second-order valence-corrected chi connectivity index (χ2v) is 4.93. The van der Waals surface area contributed by atoms with Crippen molar-refractivity contribution < 1.29 is 9.84 Å². The van der Waals surface area contributed by atoms with Gasteiger partial charge in [0.2, 0.25) is 0 Å². The zero-order chi connectivity index (χ0) is 10.8. The summed E-state index contributed by atoms with van der Waals surface area (Å²) in [4.78, 5) is 0. The predicted molar refractivity (Wildman–Crippen MR) is 63.1 cm³/mol. The predicted octanol–water partition coefficient (Wildman–Crippen LogP) is 3.31. The summed E-state index contributed by atoms with van der Waals surface area (Å²) < 4.78 is 6.56. The molecule has 0 spiro atoms. The van der Waals surface area contributed by atoms with Crippen LogP contribution in [-0.4, -0.2) is 17.8 Å². The van der Waals surface area contributed by atoms with Crippen LogP contribution >= 0.6 is 27.5 Å². The average molecular weight is 292 g/mol. The van der Waals surface area contributed by atoms with E-state index in [4.69, 9.17) is 16.3 Å². The highest BCUT2D eigenvalue weighted by Crippen LogP contribution is 2.37. The smallest absolute Gasteiger partial charge is 0.0874 e. The van der Waals surface area contributed by atoms with Crippen LogP contribution in [0.2, 0.25) is 5.02 Å². The fourth-order valence-electron chi connectivity index (χ4n) is 1.80. The standard InChI is InChI=1S/C11H12BrClO2/c12-8-2-1-3-9(13)11(8)10-6-7(14)4-5-15-10/h1-3,7,10,14H,4-6H2. The van der Waals surface area contributed by atoms with Crippen LogP contribution in [0.25, 0.3) is 0 Å². The van der Waals surface area contributed by atoms with Crippen LogP contribution in [0.4, 0.5) is 0 Å². The molecule has 0 radical (unpaired) electrons. The van der Waals surface area contributed by atoms with Crippen LogP contribution in [0.5, 0.6) is 0 Å². The molecule has 0 amide bonds. The summed E-state index contributed by atoms with van der Waals surface area (Å²) in [5.41, 5.74) is 0.943. The summed E-state index contributed by atoms with van der Waals surface area (Å²) in [7, 11) is 0. The van der Waals surface area contributed by atoms with Gasteiger partial charge in [-0.25, -0.2) is 0 Å². The molecule has 0 aliphatic carbocycles. The number of aliphatic hydroxyl groups is 1. The van der Waals surface area contributed by atoms with Gasteiger partial charge in [-0.3, -0.25) is 0 Å². The van der Waals surface area contributed by atoms with E-state index in [0.717, 1.165) is 10.0 Å². The van der Waals surface area contributed by atoms with Gasteiger partial charge >= 0.3 is 0 Å². The third kappa shape index (κ3) is 2.53. The van der Waals surface area contributed by atoms with Gasteiger partial charge in [-0.05, 0) is 18.6 Å². The molecule has 2 unspecified atom stereocenters. The van der Waals surface area contributed by atoms with E-state index < -0.39 is 0 Å². The number of hydrogen-bond acceptors (Lipinski definition) is 2. The second kappa shape index (κ2) is 4.83. The fourth-order valence-corrected chi connectivity index (χ4v) is 2.83. The maximum absolute atomic E-state index is 9.58. The van der Waals surface area contributed by atoms with Gasteiger partial charge in [-0.2, -0.15) is 0 Å². The van der Waals surface area contributed by atoms with E-state index in [-0.39, 0.29) is 12.2 Å². The molecule has 1 heterocycles. The SMILES string of the molecule is OC1CCOC(c2c(Cl)cccc2Br)C1. The zero-order valence-corrected chi connectivity index (χ0v) is 10.5. The average Bonchev–Trinajstić information content (AvgIpc) is 2.17. The minimum atomic E-state index is -0.285. The summed E-state index contributed by atoms with van der Waals surface area (Å²) in [6, 6.07) is 5.66. The maximum atomic E-state index is 9.58. The third-order valence-electron chi connectivity index (χ3n) is 2.58. The van der Waals surface area contributed by atoms with Gasteiger partial charge in [-0.1, -0.05) is 33.6 Å². The largest absolute Gasteiger partial charge is 0.393 e. The summed E-state index contributed by atoms with van der Waals surface area (Å²) in [5.74, 6) is 0. The summed E-state index contributed by atoms with van der Waals surface area (Å²) in [6.07, 6.45) is 0.935. The highest BCUT2D eigenvalue weighted by molar-refractivity contribution is 9.10. The van der Waals surface area contributed by atoms with E-state index >= 15 is 0 Å². The molecule has 2 nitrogen and oxygen atoms in total. The van der Waals surface area contributed by atoms with E-state index in [2.05, 4.69) is 15.9 Å². The Hall–Kier alpha value is -0.0900. The van der Waals surface area contributed by atoms with Crippen molar-refractivity contribution in [2.75, 3.05) is 6.61 Å². The van der Waals surface area contributed by atoms with E-state index in [1.165, 1.54) is 0 Å². The number of ether oxygens (including phenoxy) is 1. The van der Waals surface area contributed by atoms with Gasteiger partial charge in [0.15, 0.2) is 0 Å². The van der Waals surface area contributed by atoms with Crippen molar-refractivity contribution in [3.8, 4) is 0 Å². The van der Waals surface area contributed by atoms with Crippen molar-refractivity contribution in [1.29, 1.82) is 0 Å². The first-order chi connectivity index (χ1) is 7.18. The van der Waals surface area contributed by atoms with Crippen LogP contribution < -0.4 is 0 Å². The van der Waals surface area contributed by atoms with Crippen LogP contribution in [-0.2, 0) is 4.74 Å². The Morgan fingerprint density at radius 3 is 2.93 bits per heavy atom. The molecule has 1 fully saturated rings. The Labute approximate surface area is 102 Å². The molecule has 1 N–H and O–H groups in total. The monoisotopic (exact) mass is 290 g/mol. The van der Waals surface area contributed by atoms with Crippen LogP contribution in [0, 0.1) is 0 Å². The minimum Gasteiger partial charge on any atom is -0.393 e. The first-order valence-corrected chi connectivity index (χ1v) is 6.09.